The highest BCUT2D eigenvalue weighted by molar-refractivity contribution is 6.33. The minimum Gasteiger partial charge on any atom is -0.469 e. The molecule has 0 bridgehead atoms. The van der Waals surface area contributed by atoms with Crippen molar-refractivity contribution >= 4 is 28.5 Å². The van der Waals surface area contributed by atoms with Crippen LogP contribution in [0.2, 0.25) is 5.15 Å². The molecule has 0 aromatic carbocycles. The third kappa shape index (κ3) is 2.99. The predicted molar refractivity (Wildman–Crippen MR) is 79.9 cm³/mol. The lowest BCUT2D eigenvalue weighted by Crippen LogP contribution is -2.23. The Hall–Kier alpha value is -1.72. The minimum atomic E-state index is -0.119. The molecular formula is C15H16ClN3O2. The molecule has 2 aromatic rings. The van der Waals surface area contributed by atoms with Gasteiger partial charge in [-0.2, -0.15) is 0 Å². The fourth-order valence-electron chi connectivity index (χ4n) is 2.75. The van der Waals surface area contributed by atoms with Crippen molar-refractivity contribution in [3.63, 3.8) is 0 Å². The fraction of sp³-hybridized carbons (Fsp3) is 0.400. The van der Waals surface area contributed by atoms with Gasteiger partial charge in [-0.1, -0.05) is 11.6 Å². The first-order valence-corrected chi connectivity index (χ1v) is 7.24. The number of pyridine rings is 2. The van der Waals surface area contributed by atoms with Crippen molar-refractivity contribution < 1.29 is 9.53 Å². The number of aromatic nitrogens is 2. The van der Waals surface area contributed by atoms with E-state index in [1.165, 1.54) is 7.11 Å². The molecule has 0 aliphatic carbocycles. The number of rotatable bonds is 3. The summed E-state index contributed by atoms with van der Waals surface area (Å²) < 4.78 is 4.80. The first-order chi connectivity index (χ1) is 10.2. The first-order valence-electron chi connectivity index (χ1n) is 6.86. The van der Waals surface area contributed by atoms with E-state index in [4.69, 9.17) is 16.3 Å². The maximum absolute atomic E-state index is 11.5. The molecule has 0 saturated carbocycles. The minimum absolute atomic E-state index is 0.0120. The van der Waals surface area contributed by atoms with Crippen LogP contribution < -0.4 is 0 Å². The Morgan fingerprint density at radius 1 is 1.52 bits per heavy atom. The molecule has 1 saturated heterocycles. The van der Waals surface area contributed by atoms with E-state index in [0.29, 0.717) is 5.15 Å². The zero-order valence-electron chi connectivity index (χ0n) is 11.8. The van der Waals surface area contributed by atoms with Crippen LogP contribution in [0.5, 0.6) is 0 Å². The van der Waals surface area contributed by atoms with Gasteiger partial charge in [0.05, 0.1) is 13.0 Å². The number of fused-ring (bicyclic) bond motifs is 1. The lowest BCUT2D eigenvalue weighted by Gasteiger charge is -2.15. The van der Waals surface area contributed by atoms with Crippen molar-refractivity contribution in [3.8, 4) is 0 Å². The molecule has 1 fully saturated rings. The maximum Gasteiger partial charge on any atom is 0.310 e. The fourth-order valence-corrected chi connectivity index (χ4v) is 2.97. The Labute approximate surface area is 127 Å². The van der Waals surface area contributed by atoms with E-state index >= 15 is 0 Å². The monoisotopic (exact) mass is 305 g/mol. The summed E-state index contributed by atoms with van der Waals surface area (Å²) in [6, 6.07) is 3.97. The Kier molecular flexibility index (Phi) is 4.03. The molecule has 1 atom stereocenters. The lowest BCUT2D eigenvalue weighted by molar-refractivity contribution is -0.144. The quantitative estimate of drug-likeness (QED) is 0.643. The average Bonchev–Trinajstić information content (AvgIpc) is 2.95. The van der Waals surface area contributed by atoms with Crippen LogP contribution in [0.25, 0.3) is 10.9 Å². The number of nitrogens with zero attached hydrogens (tertiary/aromatic N) is 3. The highest BCUT2D eigenvalue weighted by Crippen LogP contribution is 2.23. The highest BCUT2D eigenvalue weighted by Gasteiger charge is 2.28. The van der Waals surface area contributed by atoms with Gasteiger partial charge in [0, 0.05) is 30.9 Å². The number of methoxy groups -OCH3 is 1. The molecule has 110 valence electrons. The van der Waals surface area contributed by atoms with Crippen molar-refractivity contribution in [2.45, 2.75) is 13.0 Å². The molecule has 21 heavy (non-hydrogen) atoms. The van der Waals surface area contributed by atoms with Crippen LogP contribution in [0, 0.1) is 5.92 Å². The standard InChI is InChI=1S/C15H16ClN3O2/c1-21-15(20)12-3-5-19(9-12)8-10-6-11-2-4-17-14(16)13(11)18-7-10/h2,4,6-7,12H,3,5,8-9H2,1H3. The normalized spacial score (nSPS) is 19.0. The third-order valence-corrected chi connectivity index (χ3v) is 4.10. The molecule has 5 nitrogen and oxygen atoms in total. The van der Waals surface area contributed by atoms with Gasteiger partial charge in [-0.05, 0) is 30.7 Å². The van der Waals surface area contributed by atoms with Crippen molar-refractivity contribution in [2.24, 2.45) is 5.92 Å². The molecule has 3 rings (SSSR count). The summed E-state index contributed by atoms with van der Waals surface area (Å²) in [5.74, 6) is -0.131. The van der Waals surface area contributed by atoms with E-state index in [1.807, 2.05) is 12.3 Å². The summed E-state index contributed by atoms with van der Waals surface area (Å²) >= 11 is 6.01. The second-order valence-electron chi connectivity index (χ2n) is 5.26. The van der Waals surface area contributed by atoms with Crippen LogP contribution in [-0.2, 0) is 16.1 Å². The highest BCUT2D eigenvalue weighted by atomic mass is 35.5. The number of carbonyl (C=O) groups excluding carboxylic acids is 1. The van der Waals surface area contributed by atoms with E-state index in [1.54, 1.807) is 6.20 Å². The van der Waals surface area contributed by atoms with Crippen molar-refractivity contribution in [3.05, 3.63) is 35.2 Å². The van der Waals surface area contributed by atoms with Crippen LogP contribution >= 0.6 is 11.6 Å². The number of carbonyl (C=O) groups is 1. The predicted octanol–water partition coefficient (Wildman–Crippen LogP) is 2.28. The number of esters is 1. The molecule has 6 heteroatoms. The Balaban J connectivity index is 1.73. The summed E-state index contributed by atoms with van der Waals surface area (Å²) in [6.45, 7) is 2.41. The van der Waals surface area contributed by atoms with Gasteiger partial charge in [0.25, 0.3) is 0 Å². The topological polar surface area (TPSA) is 55.3 Å². The Bertz CT molecular complexity index is 677. The number of hydrogen-bond acceptors (Lipinski definition) is 5. The molecule has 2 aromatic heterocycles. The van der Waals surface area contributed by atoms with Gasteiger partial charge in [0.1, 0.15) is 5.52 Å². The van der Waals surface area contributed by atoms with Crippen LogP contribution in [0.1, 0.15) is 12.0 Å². The van der Waals surface area contributed by atoms with Crippen LogP contribution in [0.3, 0.4) is 0 Å². The molecule has 0 N–H and O–H groups in total. The summed E-state index contributed by atoms with van der Waals surface area (Å²) in [5.41, 5.74) is 1.83. The summed E-state index contributed by atoms with van der Waals surface area (Å²) in [7, 11) is 1.44. The van der Waals surface area contributed by atoms with Gasteiger partial charge in [0.15, 0.2) is 5.15 Å². The van der Waals surface area contributed by atoms with Gasteiger partial charge in [-0.15, -0.1) is 0 Å². The van der Waals surface area contributed by atoms with Crippen molar-refractivity contribution in [1.29, 1.82) is 0 Å². The molecule has 1 unspecified atom stereocenters. The zero-order chi connectivity index (χ0) is 14.8. The number of likely N-dealkylation sites (tertiary alicyclic amines) is 1. The van der Waals surface area contributed by atoms with Gasteiger partial charge in [-0.25, -0.2) is 4.98 Å². The van der Waals surface area contributed by atoms with Crippen LogP contribution in [-0.4, -0.2) is 41.0 Å². The van der Waals surface area contributed by atoms with Gasteiger partial charge < -0.3 is 4.74 Å². The Morgan fingerprint density at radius 2 is 2.38 bits per heavy atom. The van der Waals surface area contributed by atoms with Crippen LogP contribution in [0.4, 0.5) is 0 Å². The smallest absolute Gasteiger partial charge is 0.310 e. The Morgan fingerprint density at radius 3 is 3.19 bits per heavy atom. The van der Waals surface area contributed by atoms with E-state index < -0.39 is 0 Å². The van der Waals surface area contributed by atoms with Crippen molar-refractivity contribution in [2.75, 3.05) is 20.2 Å². The zero-order valence-corrected chi connectivity index (χ0v) is 12.5. The SMILES string of the molecule is COC(=O)C1CCN(Cc2cnc3c(Cl)nccc3c2)C1. The summed E-state index contributed by atoms with van der Waals surface area (Å²) in [4.78, 5) is 22.2. The van der Waals surface area contributed by atoms with Gasteiger partial charge in [0.2, 0.25) is 0 Å². The number of halogens is 1. The molecular weight excluding hydrogens is 290 g/mol. The molecule has 3 heterocycles. The molecule has 0 radical (unpaired) electrons. The average molecular weight is 306 g/mol. The van der Waals surface area contributed by atoms with Crippen LogP contribution in [0.15, 0.2) is 24.5 Å². The molecule has 0 spiro atoms. The molecule has 1 aliphatic heterocycles. The molecule has 1 aliphatic rings. The van der Waals surface area contributed by atoms with E-state index in [9.17, 15) is 4.79 Å². The maximum atomic E-state index is 11.5. The number of hydrogen-bond donors (Lipinski definition) is 0. The summed E-state index contributed by atoms with van der Waals surface area (Å²) in [5, 5.41) is 1.40. The summed E-state index contributed by atoms with van der Waals surface area (Å²) in [6.07, 6.45) is 4.35. The van der Waals surface area contributed by atoms with E-state index in [0.717, 1.165) is 42.5 Å². The van der Waals surface area contributed by atoms with E-state index in [-0.39, 0.29) is 11.9 Å². The largest absolute Gasteiger partial charge is 0.469 e. The van der Waals surface area contributed by atoms with E-state index in [2.05, 4.69) is 20.9 Å². The second-order valence-corrected chi connectivity index (χ2v) is 5.62. The first kappa shape index (κ1) is 14.2. The number of ether oxygens (including phenoxy) is 1. The van der Waals surface area contributed by atoms with Gasteiger partial charge >= 0.3 is 5.97 Å². The second kappa shape index (κ2) is 5.95. The van der Waals surface area contributed by atoms with Gasteiger partial charge in [-0.3, -0.25) is 14.7 Å². The third-order valence-electron chi connectivity index (χ3n) is 3.82. The lowest BCUT2D eigenvalue weighted by atomic mass is 10.1. The van der Waals surface area contributed by atoms with Crippen molar-refractivity contribution in [1.82, 2.24) is 14.9 Å². The molecule has 0 amide bonds.